The number of aromatic nitrogens is 1. The molecular weight excluding hydrogens is 272 g/mol. The Bertz CT molecular complexity index is 381. The predicted molar refractivity (Wildman–Crippen MR) is 73.9 cm³/mol. The Kier molecular flexibility index (Phi) is 7.19. The van der Waals surface area contributed by atoms with Gasteiger partial charge in [-0.05, 0) is 6.92 Å². The summed E-state index contributed by atoms with van der Waals surface area (Å²) in [7, 11) is 0. The van der Waals surface area contributed by atoms with Crippen LogP contribution in [0.1, 0.15) is 12.6 Å². The van der Waals surface area contributed by atoms with Gasteiger partial charge in [0.2, 0.25) is 0 Å². The van der Waals surface area contributed by atoms with Crippen molar-refractivity contribution in [1.29, 1.82) is 0 Å². The molecule has 0 spiro atoms. The molecule has 0 unspecified atom stereocenters. The fourth-order valence-corrected chi connectivity index (χ4v) is 2.50. The molecule has 0 aliphatic carbocycles. The lowest BCUT2D eigenvalue weighted by Gasteiger charge is -2.08. The molecule has 18 heavy (non-hydrogen) atoms. The standard InChI is InChI=1S/C10H15N4O2S2/c1-2-11-10(5-14(15)16)12-3-4-17-6-9-7-18-8-13-9/h5,7,11-12H,2-4,6H2,1H3/b10-5-. The molecule has 1 rings (SSSR count). The van der Waals surface area contributed by atoms with Crippen molar-refractivity contribution in [2.45, 2.75) is 12.7 Å². The van der Waals surface area contributed by atoms with Crippen LogP contribution in [-0.4, -0.2) is 28.7 Å². The summed E-state index contributed by atoms with van der Waals surface area (Å²) >= 11 is 3.19. The third-order valence-corrected chi connectivity index (χ3v) is 3.43. The van der Waals surface area contributed by atoms with Gasteiger partial charge in [-0.25, -0.2) is 4.98 Å². The van der Waals surface area contributed by atoms with Crippen LogP contribution in [0, 0.1) is 15.6 Å². The number of thioether (sulfide) groups is 1. The zero-order valence-corrected chi connectivity index (χ0v) is 11.6. The maximum Gasteiger partial charge on any atom is 0.274 e. The molecule has 0 saturated heterocycles. The van der Waals surface area contributed by atoms with Gasteiger partial charge < -0.3 is 10.6 Å². The third kappa shape index (κ3) is 6.45. The van der Waals surface area contributed by atoms with E-state index < -0.39 is 4.92 Å². The Morgan fingerprint density at radius 2 is 2.56 bits per heavy atom. The Morgan fingerprint density at radius 1 is 1.72 bits per heavy atom. The largest absolute Gasteiger partial charge is 0.367 e. The maximum absolute atomic E-state index is 10.4. The molecule has 1 radical (unpaired) electrons. The van der Waals surface area contributed by atoms with E-state index in [1.165, 1.54) is 11.3 Å². The average Bonchev–Trinajstić information content (AvgIpc) is 2.81. The van der Waals surface area contributed by atoms with E-state index in [2.05, 4.69) is 21.1 Å². The first-order chi connectivity index (χ1) is 8.72. The summed E-state index contributed by atoms with van der Waals surface area (Å²) in [6.45, 7) is 3.21. The van der Waals surface area contributed by atoms with E-state index in [1.54, 1.807) is 11.8 Å². The van der Waals surface area contributed by atoms with Gasteiger partial charge >= 0.3 is 0 Å². The SMILES string of the molecule is CCN/C(=C/[N+](=O)[O-])NCCSCc1cs[c]n1. The Labute approximate surface area is 114 Å². The first-order valence-corrected chi connectivity index (χ1v) is 7.47. The molecule has 6 nitrogen and oxygen atoms in total. The second-order valence-corrected chi connectivity index (χ2v) is 5.03. The van der Waals surface area contributed by atoms with Crippen LogP contribution in [0.15, 0.2) is 17.4 Å². The van der Waals surface area contributed by atoms with Gasteiger partial charge in [0.25, 0.3) is 6.20 Å². The third-order valence-electron chi connectivity index (χ3n) is 1.85. The van der Waals surface area contributed by atoms with E-state index in [9.17, 15) is 10.1 Å². The molecule has 1 heterocycles. The molecule has 99 valence electrons. The van der Waals surface area contributed by atoms with Crippen LogP contribution in [0.3, 0.4) is 0 Å². The van der Waals surface area contributed by atoms with Gasteiger partial charge in [0, 0.05) is 30.0 Å². The molecule has 0 amide bonds. The Hall–Kier alpha value is -1.28. The van der Waals surface area contributed by atoms with E-state index >= 15 is 0 Å². The lowest BCUT2D eigenvalue weighted by atomic mass is 10.6. The fraction of sp³-hybridized carbons (Fsp3) is 0.500. The van der Waals surface area contributed by atoms with E-state index in [4.69, 9.17) is 0 Å². The zero-order valence-electron chi connectivity index (χ0n) is 10.0. The van der Waals surface area contributed by atoms with E-state index in [-0.39, 0.29) is 0 Å². The first kappa shape index (κ1) is 14.8. The number of hydrogen-bond donors (Lipinski definition) is 2. The van der Waals surface area contributed by atoms with Crippen molar-refractivity contribution in [3.05, 3.63) is 38.7 Å². The number of thiazole rings is 1. The molecule has 0 aliphatic rings. The molecule has 8 heteroatoms. The summed E-state index contributed by atoms with van der Waals surface area (Å²) in [5, 5.41) is 18.2. The van der Waals surface area contributed by atoms with Crippen LogP contribution in [0.5, 0.6) is 0 Å². The van der Waals surface area contributed by atoms with Crippen LogP contribution < -0.4 is 10.6 Å². The fourth-order valence-electron chi connectivity index (χ4n) is 1.16. The van der Waals surface area contributed by atoms with E-state index in [1.807, 2.05) is 12.3 Å². The molecule has 1 aromatic heterocycles. The highest BCUT2D eigenvalue weighted by Crippen LogP contribution is 2.10. The normalized spacial score (nSPS) is 11.3. The van der Waals surface area contributed by atoms with Crippen LogP contribution in [0.2, 0.25) is 0 Å². The number of rotatable bonds is 9. The second-order valence-electron chi connectivity index (χ2n) is 3.27. The first-order valence-electron chi connectivity index (χ1n) is 5.43. The maximum atomic E-state index is 10.4. The molecule has 0 bridgehead atoms. The number of nitrogens with zero attached hydrogens (tertiary/aromatic N) is 2. The van der Waals surface area contributed by atoms with E-state index in [0.717, 1.165) is 23.4 Å². The molecule has 0 aromatic carbocycles. The smallest absolute Gasteiger partial charge is 0.274 e. The Balaban J connectivity index is 2.16. The minimum absolute atomic E-state index is 0.449. The molecule has 2 N–H and O–H groups in total. The summed E-state index contributed by atoms with van der Waals surface area (Å²) in [4.78, 5) is 14.0. The molecule has 0 saturated carbocycles. The minimum Gasteiger partial charge on any atom is -0.367 e. The van der Waals surface area contributed by atoms with Crippen molar-refractivity contribution in [3.8, 4) is 0 Å². The van der Waals surface area contributed by atoms with Gasteiger partial charge in [0.1, 0.15) is 0 Å². The van der Waals surface area contributed by atoms with E-state index in [0.29, 0.717) is 18.9 Å². The quantitative estimate of drug-likeness (QED) is 0.406. The minimum atomic E-state index is -0.469. The highest BCUT2D eigenvalue weighted by atomic mass is 32.2. The van der Waals surface area contributed by atoms with Crippen molar-refractivity contribution in [1.82, 2.24) is 15.6 Å². The highest BCUT2D eigenvalue weighted by molar-refractivity contribution is 7.98. The summed E-state index contributed by atoms with van der Waals surface area (Å²) in [6, 6.07) is 0. The molecule has 0 fully saturated rings. The lowest BCUT2D eigenvalue weighted by Crippen LogP contribution is -2.28. The zero-order chi connectivity index (χ0) is 13.2. The van der Waals surface area contributed by atoms with Gasteiger partial charge in [-0.1, -0.05) is 0 Å². The monoisotopic (exact) mass is 287 g/mol. The van der Waals surface area contributed by atoms with Crippen LogP contribution in [0.25, 0.3) is 0 Å². The van der Waals surface area contributed by atoms with Crippen LogP contribution in [0.4, 0.5) is 0 Å². The highest BCUT2D eigenvalue weighted by Gasteiger charge is 2.01. The van der Waals surface area contributed by atoms with Gasteiger partial charge in [-0.2, -0.15) is 11.8 Å². The van der Waals surface area contributed by atoms with Gasteiger partial charge in [0.05, 0.1) is 10.6 Å². The predicted octanol–water partition coefficient (Wildman–Crippen LogP) is 1.45. The van der Waals surface area contributed by atoms with Gasteiger partial charge in [-0.3, -0.25) is 10.1 Å². The molecule has 0 aliphatic heterocycles. The number of nitrogens with one attached hydrogen (secondary N) is 2. The number of hydrogen-bond acceptors (Lipinski definition) is 7. The summed E-state index contributed by atoms with van der Waals surface area (Å²) in [5.41, 5.74) is 3.82. The van der Waals surface area contributed by atoms with Crippen molar-refractivity contribution < 1.29 is 4.92 Å². The second kappa shape index (κ2) is 8.76. The summed E-state index contributed by atoms with van der Waals surface area (Å²) < 4.78 is 0. The van der Waals surface area contributed by atoms with Gasteiger partial charge in [-0.15, -0.1) is 11.3 Å². The van der Waals surface area contributed by atoms with Crippen LogP contribution in [-0.2, 0) is 5.75 Å². The van der Waals surface area contributed by atoms with Crippen molar-refractivity contribution >= 4 is 23.1 Å². The number of nitro groups is 1. The van der Waals surface area contributed by atoms with Crippen LogP contribution >= 0.6 is 23.1 Å². The van der Waals surface area contributed by atoms with Crippen molar-refractivity contribution in [2.75, 3.05) is 18.8 Å². The molecular formula is C10H15N4O2S2. The van der Waals surface area contributed by atoms with Crippen molar-refractivity contribution in [2.24, 2.45) is 0 Å². The average molecular weight is 287 g/mol. The summed E-state index contributed by atoms with van der Waals surface area (Å²) in [5.74, 6) is 2.15. The van der Waals surface area contributed by atoms with Crippen molar-refractivity contribution in [3.63, 3.8) is 0 Å². The topological polar surface area (TPSA) is 80.1 Å². The summed E-state index contributed by atoms with van der Waals surface area (Å²) in [6.07, 6.45) is 0.948. The Morgan fingerprint density at radius 3 is 3.17 bits per heavy atom. The lowest BCUT2D eigenvalue weighted by molar-refractivity contribution is -0.404. The molecule has 1 aromatic rings. The molecule has 0 atom stereocenters. The van der Waals surface area contributed by atoms with Gasteiger partial charge in [0.15, 0.2) is 11.3 Å².